The third kappa shape index (κ3) is 6.23. The molecule has 1 rings (SSSR count). The topological polar surface area (TPSA) is 30.5 Å². The first-order valence-corrected chi connectivity index (χ1v) is 7.24. The van der Waals surface area contributed by atoms with Gasteiger partial charge in [0.2, 0.25) is 0 Å². The van der Waals surface area contributed by atoms with Gasteiger partial charge in [0.15, 0.2) is 0 Å². The summed E-state index contributed by atoms with van der Waals surface area (Å²) in [6.07, 6.45) is 0.942. The third-order valence-electron chi connectivity index (χ3n) is 2.75. The number of hydrogen-bond acceptors (Lipinski definition) is 3. The zero-order chi connectivity index (χ0) is 14.1. The third-order valence-corrected chi connectivity index (χ3v) is 3.25. The van der Waals surface area contributed by atoms with Crippen LogP contribution in [-0.2, 0) is 11.3 Å². The summed E-state index contributed by atoms with van der Waals surface area (Å²) in [4.78, 5) is 0. The van der Waals surface area contributed by atoms with E-state index in [2.05, 4.69) is 40.8 Å². The molecule has 0 aliphatic heterocycles. The lowest BCUT2D eigenvalue weighted by atomic mass is 10.2. The number of methoxy groups -OCH3 is 1. The van der Waals surface area contributed by atoms with Gasteiger partial charge in [-0.15, -0.1) is 0 Å². The van der Waals surface area contributed by atoms with Crippen LogP contribution in [0.5, 0.6) is 5.75 Å². The van der Waals surface area contributed by atoms with Crippen LogP contribution in [-0.4, -0.2) is 26.9 Å². The van der Waals surface area contributed by atoms with Crippen LogP contribution in [0.3, 0.4) is 0 Å². The van der Waals surface area contributed by atoms with E-state index in [0.717, 1.165) is 40.9 Å². The molecule has 3 nitrogen and oxygen atoms in total. The minimum absolute atomic E-state index is 0.573. The van der Waals surface area contributed by atoms with Crippen molar-refractivity contribution < 1.29 is 9.47 Å². The molecule has 0 amide bonds. The first-order chi connectivity index (χ1) is 9.17. The minimum Gasteiger partial charge on any atom is -0.489 e. The summed E-state index contributed by atoms with van der Waals surface area (Å²) in [5.41, 5.74) is 2.23. The van der Waals surface area contributed by atoms with Gasteiger partial charge < -0.3 is 14.8 Å². The molecule has 19 heavy (non-hydrogen) atoms. The van der Waals surface area contributed by atoms with Crippen LogP contribution in [0.25, 0.3) is 0 Å². The van der Waals surface area contributed by atoms with Gasteiger partial charge in [-0.05, 0) is 30.2 Å². The molecule has 0 aliphatic rings. The van der Waals surface area contributed by atoms with Crippen LogP contribution in [0.1, 0.15) is 18.9 Å². The second kappa shape index (κ2) is 9.13. The maximum absolute atomic E-state index is 5.81. The average molecular weight is 328 g/mol. The van der Waals surface area contributed by atoms with E-state index in [1.54, 1.807) is 7.11 Å². The molecule has 0 radical (unpaired) electrons. The Morgan fingerprint density at radius 2 is 2.21 bits per heavy atom. The highest BCUT2D eigenvalue weighted by atomic mass is 79.9. The molecule has 1 aromatic carbocycles. The summed E-state index contributed by atoms with van der Waals surface area (Å²) < 4.78 is 11.9. The molecule has 0 saturated carbocycles. The summed E-state index contributed by atoms with van der Waals surface area (Å²) in [7, 11) is 1.70. The van der Waals surface area contributed by atoms with Crippen molar-refractivity contribution in [1.82, 2.24) is 5.32 Å². The van der Waals surface area contributed by atoms with Gasteiger partial charge in [-0.3, -0.25) is 0 Å². The molecule has 0 unspecified atom stereocenters. The summed E-state index contributed by atoms with van der Waals surface area (Å²) in [5, 5.41) is 3.32. The highest BCUT2D eigenvalue weighted by Crippen LogP contribution is 2.23. The standard InChI is InChI=1S/C15H22BrNO2/c1-4-12(2)11-19-15-6-5-14(16)9-13(15)10-17-7-8-18-3/h5-6,9,17H,2,4,7-8,10-11H2,1,3H3. The van der Waals surface area contributed by atoms with Gasteiger partial charge in [0.05, 0.1) is 6.61 Å². The molecule has 0 aromatic heterocycles. The summed E-state index contributed by atoms with van der Waals surface area (Å²) >= 11 is 3.49. The Kier molecular flexibility index (Phi) is 7.79. The zero-order valence-electron chi connectivity index (χ0n) is 11.7. The normalized spacial score (nSPS) is 10.5. The van der Waals surface area contributed by atoms with Crippen molar-refractivity contribution in [3.05, 3.63) is 40.4 Å². The van der Waals surface area contributed by atoms with Crippen molar-refractivity contribution in [2.75, 3.05) is 26.9 Å². The Hall–Kier alpha value is -0.840. The van der Waals surface area contributed by atoms with E-state index in [1.165, 1.54) is 0 Å². The van der Waals surface area contributed by atoms with Crippen LogP contribution < -0.4 is 10.1 Å². The van der Waals surface area contributed by atoms with Gasteiger partial charge in [0.1, 0.15) is 12.4 Å². The lowest BCUT2D eigenvalue weighted by Gasteiger charge is -2.13. The lowest BCUT2D eigenvalue weighted by Crippen LogP contribution is -2.19. The Balaban J connectivity index is 2.60. The summed E-state index contributed by atoms with van der Waals surface area (Å²) in [6.45, 7) is 8.90. The number of nitrogens with one attached hydrogen (secondary N) is 1. The molecule has 0 atom stereocenters. The van der Waals surface area contributed by atoms with Crippen LogP contribution in [0.15, 0.2) is 34.8 Å². The molecular formula is C15H22BrNO2. The molecule has 0 fully saturated rings. The number of hydrogen-bond donors (Lipinski definition) is 1. The van der Waals surface area contributed by atoms with Gasteiger partial charge in [0.25, 0.3) is 0 Å². The summed E-state index contributed by atoms with van der Waals surface area (Å²) in [5.74, 6) is 0.905. The molecule has 106 valence electrons. The SMILES string of the molecule is C=C(CC)COc1ccc(Br)cc1CNCCOC. The van der Waals surface area contributed by atoms with Gasteiger partial charge in [0, 0.05) is 30.2 Å². The maximum Gasteiger partial charge on any atom is 0.124 e. The highest BCUT2D eigenvalue weighted by molar-refractivity contribution is 9.10. The second-order valence-electron chi connectivity index (χ2n) is 4.31. The molecule has 0 saturated heterocycles. The van der Waals surface area contributed by atoms with Crippen molar-refractivity contribution in [1.29, 1.82) is 0 Å². The van der Waals surface area contributed by atoms with Crippen molar-refractivity contribution in [3.8, 4) is 5.75 Å². The summed E-state index contributed by atoms with van der Waals surface area (Å²) in [6, 6.07) is 6.05. The van der Waals surface area contributed by atoms with Gasteiger partial charge in [-0.25, -0.2) is 0 Å². The van der Waals surface area contributed by atoms with Crippen molar-refractivity contribution in [2.45, 2.75) is 19.9 Å². The molecule has 0 bridgehead atoms. The van der Waals surface area contributed by atoms with Gasteiger partial charge in [-0.2, -0.15) is 0 Å². The first-order valence-electron chi connectivity index (χ1n) is 6.45. The largest absolute Gasteiger partial charge is 0.489 e. The predicted molar refractivity (Wildman–Crippen MR) is 82.7 cm³/mol. The van der Waals surface area contributed by atoms with Crippen molar-refractivity contribution in [2.24, 2.45) is 0 Å². The Bertz CT molecular complexity index is 407. The monoisotopic (exact) mass is 327 g/mol. The molecule has 0 spiro atoms. The number of benzene rings is 1. The van der Waals surface area contributed by atoms with Crippen LogP contribution in [0.4, 0.5) is 0 Å². The van der Waals surface area contributed by atoms with E-state index in [1.807, 2.05) is 12.1 Å². The zero-order valence-corrected chi connectivity index (χ0v) is 13.3. The molecule has 1 N–H and O–H groups in total. The molecule has 4 heteroatoms. The van der Waals surface area contributed by atoms with E-state index < -0.39 is 0 Å². The van der Waals surface area contributed by atoms with E-state index in [0.29, 0.717) is 13.2 Å². The lowest BCUT2D eigenvalue weighted by molar-refractivity contribution is 0.199. The van der Waals surface area contributed by atoms with Gasteiger partial charge >= 0.3 is 0 Å². The number of ether oxygens (including phenoxy) is 2. The quantitative estimate of drug-likeness (QED) is 0.556. The number of rotatable bonds is 9. The van der Waals surface area contributed by atoms with Crippen LogP contribution in [0.2, 0.25) is 0 Å². The molecular weight excluding hydrogens is 306 g/mol. The molecule has 0 aliphatic carbocycles. The fourth-order valence-corrected chi connectivity index (χ4v) is 1.91. The Labute approximate surface area is 124 Å². The van der Waals surface area contributed by atoms with Crippen molar-refractivity contribution in [3.63, 3.8) is 0 Å². The van der Waals surface area contributed by atoms with E-state index in [9.17, 15) is 0 Å². The van der Waals surface area contributed by atoms with Gasteiger partial charge in [-0.1, -0.05) is 29.4 Å². The predicted octanol–water partition coefficient (Wildman–Crippen LogP) is 3.53. The van der Waals surface area contributed by atoms with Crippen molar-refractivity contribution >= 4 is 15.9 Å². The number of halogens is 1. The fourth-order valence-electron chi connectivity index (χ4n) is 1.51. The Morgan fingerprint density at radius 3 is 2.89 bits per heavy atom. The van der Waals surface area contributed by atoms with Crippen LogP contribution in [0, 0.1) is 0 Å². The molecule has 1 aromatic rings. The molecule has 0 heterocycles. The average Bonchev–Trinajstić information content (AvgIpc) is 2.42. The smallest absolute Gasteiger partial charge is 0.124 e. The van der Waals surface area contributed by atoms with E-state index in [-0.39, 0.29) is 0 Å². The second-order valence-corrected chi connectivity index (χ2v) is 5.23. The van der Waals surface area contributed by atoms with Crippen LogP contribution >= 0.6 is 15.9 Å². The first kappa shape index (κ1) is 16.2. The Morgan fingerprint density at radius 1 is 1.42 bits per heavy atom. The fraction of sp³-hybridized carbons (Fsp3) is 0.467. The van der Waals surface area contributed by atoms with E-state index in [4.69, 9.17) is 9.47 Å². The van der Waals surface area contributed by atoms with E-state index >= 15 is 0 Å². The maximum atomic E-state index is 5.81. The minimum atomic E-state index is 0.573. The highest BCUT2D eigenvalue weighted by Gasteiger charge is 2.05.